The van der Waals surface area contributed by atoms with Crippen LogP contribution >= 0.6 is 24.6 Å². The minimum atomic E-state index is -3.90. The molecule has 4 N–H and O–H groups in total. The first-order chi connectivity index (χ1) is 4.42. The Kier molecular flexibility index (Phi) is 6.77. The smallest absolute Gasteiger partial charge is 0.266 e. The third kappa shape index (κ3) is 13.0. The van der Waals surface area contributed by atoms with Crippen LogP contribution in [0, 0.1) is 0 Å². The van der Waals surface area contributed by atoms with Gasteiger partial charge in [0.2, 0.25) is 0 Å². The molecule has 0 unspecified atom stereocenters. The van der Waals surface area contributed by atoms with E-state index in [1.54, 1.807) is 0 Å². The van der Waals surface area contributed by atoms with Gasteiger partial charge in [0.25, 0.3) is 10.1 Å². The van der Waals surface area contributed by atoms with Crippen molar-refractivity contribution >= 4 is 39.9 Å². The Hall–Kier alpha value is -0.110. The molecule has 0 bridgehead atoms. The molecule has 0 fully saturated rings. The van der Waals surface area contributed by atoms with E-state index in [9.17, 15) is 8.42 Å². The fourth-order valence-electron chi connectivity index (χ4n) is 0.303. The highest BCUT2D eigenvalue weighted by Crippen LogP contribution is 1.77. The van der Waals surface area contributed by atoms with Crippen LogP contribution in [-0.4, -0.2) is 30.4 Å². The Morgan fingerprint density at radius 1 is 1.64 bits per heavy atom. The molecule has 68 valence electrons. The zero-order chi connectivity index (χ0) is 8.20. The third-order valence-corrected chi connectivity index (χ3v) is 1.52. The lowest BCUT2D eigenvalue weighted by Gasteiger charge is -1.99. The number of hydrogen-bond donors (Lipinski definition) is 3. The molecule has 0 heterocycles. The van der Waals surface area contributed by atoms with E-state index in [-0.39, 0.29) is 29.8 Å². The molecular weight excluding hydrogens is 212 g/mol. The van der Waals surface area contributed by atoms with Gasteiger partial charge >= 0.3 is 0 Å². The molecule has 11 heavy (non-hydrogen) atoms. The van der Waals surface area contributed by atoms with Gasteiger partial charge in [0.15, 0.2) is 5.11 Å². The van der Waals surface area contributed by atoms with Crippen LogP contribution in [-0.2, 0) is 10.1 Å². The van der Waals surface area contributed by atoms with Crippen molar-refractivity contribution in [2.75, 3.05) is 12.3 Å². The van der Waals surface area contributed by atoms with Gasteiger partial charge in [-0.1, -0.05) is 0 Å². The van der Waals surface area contributed by atoms with Crippen molar-refractivity contribution < 1.29 is 13.0 Å². The summed E-state index contributed by atoms with van der Waals surface area (Å²) in [4.78, 5) is 0. The van der Waals surface area contributed by atoms with Crippen molar-refractivity contribution in [3.05, 3.63) is 0 Å². The van der Waals surface area contributed by atoms with Gasteiger partial charge in [-0.15, -0.1) is 12.4 Å². The fraction of sp³-hybridized carbons (Fsp3) is 0.667. The normalized spacial score (nSPS) is 9.91. The summed E-state index contributed by atoms with van der Waals surface area (Å²) in [5.74, 6) is -0.385. The van der Waals surface area contributed by atoms with Crippen LogP contribution in [0.5, 0.6) is 0 Å². The standard InChI is InChI=1S/C3H8N2O3S2.ClH/c4-3(9)5-1-2-10(6,7)8;/h1-2H2,(H3,4,5,9)(H,6,7,8);1H. The van der Waals surface area contributed by atoms with Crippen LogP contribution in [0.1, 0.15) is 0 Å². The predicted molar refractivity (Wildman–Crippen MR) is 48.5 cm³/mol. The summed E-state index contributed by atoms with van der Waals surface area (Å²) in [6.07, 6.45) is 0. The van der Waals surface area contributed by atoms with Gasteiger partial charge in [-0.25, -0.2) is 0 Å². The Bertz CT molecular complexity index is 215. The molecule has 0 rings (SSSR count). The van der Waals surface area contributed by atoms with E-state index in [0.29, 0.717) is 0 Å². The lowest BCUT2D eigenvalue weighted by atomic mass is 10.7. The first-order valence-electron chi connectivity index (χ1n) is 2.40. The van der Waals surface area contributed by atoms with Gasteiger partial charge in [0.1, 0.15) is 0 Å². The molecule has 8 heteroatoms. The molecule has 0 aliphatic heterocycles. The number of halogens is 1. The molecule has 0 amide bonds. The summed E-state index contributed by atoms with van der Waals surface area (Å²) >= 11 is 4.37. The average Bonchev–Trinajstić information content (AvgIpc) is 1.59. The van der Waals surface area contributed by atoms with E-state index in [2.05, 4.69) is 17.5 Å². The van der Waals surface area contributed by atoms with E-state index in [1.807, 2.05) is 0 Å². The summed E-state index contributed by atoms with van der Waals surface area (Å²) < 4.78 is 28.3. The van der Waals surface area contributed by atoms with Crippen molar-refractivity contribution in [2.24, 2.45) is 5.73 Å². The minimum absolute atomic E-state index is 0. The molecule has 0 aromatic carbocycles. The van der Waals surface area contributed by atoms with Gasteiger partial charge in [-0.05, 0) is 12.2 Å². The number of thiocarbonyl (C=S) groups is 1. The molecule has 0 aromatic rings. The monoisotopic (exact) mass is 220 g/mol. The zero-order valence-corrected chi connectivity index (χ0v) is 7.93. The molecule has 5 nitrogen and oxygen atoms in total. The quantitative estimate of drug-likeness (QED) is 0.423. The van der Waals surface area contributed by atoms with Crippen LogP contribution in [0.3, 0.4) is 0 Å². The number of nitrogens with two attached hydrogens (primary N) is 1. The van der Waals surface area contributed by atoms with Gasteiger partial charge in [0.05, 0.1) is 5.75 Å². The first kappa shape index (κ1) is 13.5. The molecule has 0 radical (unpaired) electrons. The maximum absolute atomic E-state index is 10.0. The second kappa shape index (κ2) is 5.53. The number of rotatable bonds is 3. The van der Waals surface area contributed by atoms with Crippen molar-refractivity contribution in [1.82, 2.24) is 5.32 Å². The topological polar surface area (TPSA) is 92.4 Å². The van der Waals surface area contributed by atoms with E-state index in [4.69, 9.17) is 10.3 Å². The highest BCUT2D eigenvalue weighted by molar-refractivity contribution is 7.85. The van der Waals surface area contributed by atoms with Crippen molar-refractivity contribution in [2.45, 2.75) is 0 Å². The van der Waals surface area contributed by atoms with Crippen LogP contribution in [0.4, 0.5) is 0 Å². The van der Waals surface area contributed by atoms with E-state index < -0.39 is 10.1 Å². The summed E-state index contributed by atoms with van der Waals surface area (Å²) in [5, 5.41) is 2.39. The molecular formula is C3H9ClN2O3S2. The van der Waals surface area contributed by atoms with Crippen LogP contribution in [0.15, 0.2) is 0 Å². The van der Waals surface area contributed by atoms with E-state index in [1.165, 1.54) is 0 Å². The summed E-state index contributed by atoms with van der Waals surface area (Å²) in [7, 11) is -3.90. The third-order valence-electron chi connectivity index (χ3n) is 0.659. The lowest BCUT2D eigenvalue weighted by molar-refractivity contribution is 0.482. The summed E-state index contributed by atoms with van der Waals surface area (Å²) in [5.41, 5.74) is 4.97. The van der Waals surface area contributed by atoms with Crippen LogP contribution in [0.25, 0.3) is 0 Å². The van der Waals surface area contributed by atoms with Gasteiger partial charge < -0.3 is 11.1 Å². The number of nitrogens with one attached hydrogen (secondary N) is 1. The molecule has 0 atom stereocenters. The van der Waals surface area contributed by atoms with Crippen molar-refractivity contribution in [3.63, 3.8) is 0 Å². The zero-order valence-electron chi connectivity index (χ0n) is 5.48. The molecule has 0 saturated carbocycles. The maximum atomic E-state index is 10.0. The maximum Gasteiger partial charge on any atom is 0.266 e. The summed E-state index contributed by atoms with van der Waals surface area (Å²) in [6.45, 7) is 0.0359. The van der Waals surface area contributed by atoms with Crippen molar-refractivity contribution in [1.29, 1.82) is 0 Å². The number of hydrogen-bond acceptors (Lipinski definition) is 3. The Morgan fingerprint density at radius 2 is 2.09 bits per heavy atom. The van der Waals surface area contributed by atoms with Gasteiger partial charge in [0, 0.05) is 6.54 Å². The molecule has 0 aliphatic rings. The summed E-state index contributed by atoms with van der Waals surface area (Å²) in [6, 6.07) is 0. The highest BCUT2D eigenvalue weighted by Gasteiger charge is 2.02. The Balaban J connectivity index is 0. The largest absolute Gasteiger partial charge is 0.376 e. The molecule has 0 spiro atoms. The van der Waals surface area contributed by atoms with Gasteiger partial charge in [-0.2, -0.15) is 8.42 Å². The minimum Gasteiger partial charge on any atom is -0.376 e. The Morgan fingerprint density at radius 3 is 2.36 bits per heavy atom. The molecule has 0 aromatic heterocycles. The highest BCUT2D eigenvalue weighted by atomic mass is 35.5. The van der Waals surface area contributed by atoms with Crippen LogP contribution in [0.2, 0.25) is 0 Å². The SMILES string of the molecule is Cl.NC(=S)NCCS(=O)(=O)O. The van der Waals surface area contributed by atoms with E-state index >= 15 is 0 Å². The van der Waals surface area contributed by atoms with Crippen molar-refractivity contribution in [3.8, 4) is 0 Å². The second-order valence-corrected chi connectivity index (χ2v) is 3.59. The van der Waals surface area contributed by atoms with Crippen LogP contribution < -0.4 is 11.1 Å². The molecule has 0 saturated heterocycles. The molecule has 0 aliphatic carbocycles. The van der Waals surface area contributed by atoms with Gasteiger partial charge in [-0.3, -0.25) is 4.55 Å². The van der Waals surface area contributed by atoms with E-state index in [0.717, 1.165) is 0 Å². The first-order valence-corrected chi connectivity index (χ1v) is 4.42. The predicted octanol–water partition coefficient (Wildman–Crippen LogP) is -0.871. The average molecular weight is 221 g/mol. The second-order valence-electron chi connectivity index (χ2n) is 1.58. The fourth-order valence-corrected chi connectivity index (χ4v) is 0.765. The Labute approximate surface area is 76.5 Å². The lowest BCUT2D eigenvalue weighted by Crippen LogP contribution is -2.32.